The molecular formula is C23H26Cl2N8O. The lowest BCUT2D eigenvalue weighted by Gasteiger charge is -2.11. The van der Waals surface area contributed by atoms with Gasteiger partial charge < -0.3 is 25.1 Å². The van der Waals surface area contributed by atoms with Gasteiger partial charge in [0.15, 0.2) is 10.8 Å². The van der Waals surface area contributed by atoms with E-state index in [0.717, 1.165) is 24.3 Å². The van der Waals surface area contributed by atoms with Crippen molar-refractivity contribution in [3.63, 3.8) is 0 Å². The number of carbonyl (C=O) groups is 1. The molecule has 0 bridgehead atoms. The molecule has 1 aromatic carbocycles. The minimum atomic E-state index is -0.196. The summed E-state index contributed by atoms with van der Waals surface area (Å²) in [7, 11) is 4.09. The average Bonchev–Trinajstić information content (AvgIpc) is 3.40. The monoisotopic (exact) mass is 500 g/mol. The Labute approximate surface area is 207 Å². The van der Waals surface area contributed by atoms with Crippen molar-refractivity contribution in [3.05, 3.63) is 58.7 Å². The van der Waals surface area contributed by atoms with E-state index in [1.165, 1.54) is 0 Å². The highest BCUT2D eigenvalue weighted by atomic mass is 35.5. The lowest BCUT2D eigenvalue weighted by molar-refractivity contribution is 0.0954. The van der Waals surface area contributed by atoms with E-state index >= 15 is 0 Å². The first-order chi connectivity index (χ1) is 16.4. The third-order valence-corrected chi connectivity index (χ3v) is 6.05. The molecule has 0 atom stereocenters. The number of nitrogens with one attached hydrogen (secondary N) is 3. The van der Waals surface area contributed by atoms with Gasteiger partial charge in [-0.15, -0.1) is 0 Å². The number of hydrogen-bond acceptors (Lipinski definition) is 6. The first kappa shape index (κ1) is 24.0. The molecule has 4 aromatic rings. The fraction of sp³-hybridized carbons (Fsp3) is 0.304. The van der Waals surface area contributed by atoms with Crippen molar-refractivity contribution in [3.8, 4) is 11.4 Å². The largest absolute Gasteiger partial charge is 0.384 e. The molecule has 34 heavy (non-hydrogen) atoms. The Morgan fingerprint density at radius 2 is 1.91 bits per heavy atom. The maximum absolute atomic E-state index is 12.8. The number of imidazole rings is 2. The first-order valence-corrected chi connectivity index (χ1v) is 11.7. The van der Waals surface area contributed by atoms with Crippen molar-refractivity contribution in [1.29, 1.82) is 0 Å². The quantitative estimate of drug-likeness (QED) is 0.285. The van der Waals surface area contributed by atoms with Gasteiger partial charge in [0.1, 0.15) is 11.0 Å². The summed E-state index contributed by atoms with van der Waals surface area (Å²) in [6, 6.07) is 9.69. The molecule has 11 heteroatoms. The molecule has 9 nitrogen and oxygen atoms in total. The van der Waals surface area contributed by atoms with Crippen LogP contribution in [0.15, 0.2) is 42.9 Å². The van der Waals surface area contributed by atoms with Crippen LogP contribution in [-0.2, 0) is 6.54 Å². The minimum Gasteiger partial charge on any atom is -0.384 e. The molecule has 0 unspecified atom stereocenters. The number of fused-ring (bicyclic) bond motifs is 1. The molecule has 0 saturated heterocycles. The maximum atomic E-state index is 12.8. The van der Waals surface area contributed by atoms with E-state index < -0.39 is 0 Å². The van der Waals surface area contributed by atoms with Crippen molar-refractivity contribution < 1.29 is 4.79 Å². The van der Waals surface area contributed by atoms with Crippen LogP contribution < -0.4 is 10.6 Å². The summed E-state index contributed by atoms with van der Waals surface area (Å²) in [6.07, 6.45) is 3.85. The molecule has 1 amide bonds. The van der Waals surface area contributed by atoms with Gasteiger partial charge in [-0.1, -0.05) is 23.2 Å². The van der Waals surface area contributed by atoms with Gasteiger partial charge in [0.25, 0.3) is 5.91 Å². The van der Waals surface area contributed by atoms with E-state index in [9.17, 15) is 4.79 Å². The summed E-state index contributed by atoms with van der Waals surface area (Å²) in [4.78, 5) is 31.0. The third-order valence-electron chi connectivity index (χ3n) is 5.28. The van der Waals surface area contributed by atoms with Crippen LogP contribution >= 0.6 is 23.2 Å². The summed E-state index contributed by atoms with van der Waals surface area (Å²) in [5, 5.41) is 6.99. The lowest BCUT2D eigenvalue weighted by atomic mass is 10.2. The van der Waals surface area contributed by atoms with Crippen molar-refractivity contribution in [2.75, 3.05) is 39.0 Å². The van der Waals surface area contributed by atoms with E-state index in [1.807, 2.05) is 38.4 Å². The topological polar surface area (TPSA) is 104 Å². The number of amides is 1. The Hall–Kier alpha value is -3.14. The van der Waals surface area contributed by atoms with Gasteiger partial charge in [0.05, 0.1) is 17.4 Å². The Morgan fingerprint density at radius 1 is 1.12 bits per heavy atom. The lowest BCUT2D eigenvalue weighted by Crippen LogP contribution is -2.25. The highest BCUT2D eigenvalue weighted by Gasteiger charge is 2.15. The number of aromatic amines is 1. The zero-order chi connectivity index (χ0) is 24.1. The summed E-state index contributed by atoms with van der Waals surface area (Å²) >= 11 is 11.9. The Kier molecular flexibility index (Phi) is 7.66. The second-order valence-electron chi connectivity index (χ2n) is 8.08. The Morgan fingerprint density at radius 3 is 2.62 bits per heavy atom. The van der Waals surface area contributed by atoms with Crippen molar-refractivity contribution in [2.45, 2.75) is 13.0 Å². The summed E-state index contributed by atoms with van der Waals surface area (Å²) in [6.45, 7) is 2.88. The SMILES string of the molecule is CN(C)CCNc1ccc(-c2nc3nccc(C(=O)NCCCn4cnc(Cl)c4Cl)c3[nH]2)cc1. The number of hydrogen-bond donors (Lipinski definition) is 3. The standard InChI is InChI=1S/C23H26Cl2N8O/c1-32(2)13-11-26-16-6-4-15(5-7-16)21-30-18-17(8-10-27-22(18)31-21)23(34)28-9-3-12-33-14-29-19(24)20(33)25/h4-8,10,14,26H,3,9,11-13H2,1-2H3,(H,28,34)(H,27,30,31). The number of rotatable bonds is 10. The van der Waals surface area contributed by atoms with Crippen LogP contribution in [0.2, 0.25) is 10.3 Å². The molecule has 0 radical (unpaired) electrons. The number of anilines is 1. The fourth-order valence-electron chi connectivity index (χ4n) is 3.45. The molecule has 0 fully saturated rings. The maximum Gasteiger partial charge on any atom is 0.253 e. The molecule has 0 saturated carbocycles. The van der Waals surface area contributed by atoms with Crippen molar-refractivity contribution in [1.82, 2.24) is 34.7 Å². The van der Waals surface area contributed by atoms with Gasteiger partial charge >= 0.3 is 0 Å². The highest BCUT2D eigenvalue weighted by molar-refractivity contribution is 6.40. The van der Waals surface area contributed by atoms with Gasteiger partial charge in [0.2, 0.25) is 0 Å². The number of aryl methyl sites for hydroxylation is 1. The molecular weight excluding hydrogens is 475 g/mol. The minimum absolute atomic E-state index is 0.196. The number of pyridine rings is 1. The number of halogens is 2. The van der Waals surface area contributed by atoms with E-state index in [0.29, 0.717) is 47.2 Å². The number of carbonyl (C=O) groups excluding carboxylic acids is 1. The number of likely N-dealkylation sites (N-methyl/N-ethyl adjacent to an activating group) is 1. The summed E-state index contributed by atoms with van der Waals surface area (Å²) in [5.41, 5.74) is 3.55. The van der Waals surface area contributed by atoms with Crippen LogP contribution in [0.5, 0.6) is 0 Å². The zero-order valence-electron chi connectivity index (χ0n) is 19.0. The normalized spacial score (nSPS) is 11.3. The number of aromatic nitrogens is 5. The van der Waals surface area contributed by atoms with Gasteiger partial charge in [-0.2, -0.15) is 0 Å². The van der Waals surface area contributed by atoms with Crippen LogP contribution in [0, 0.1) is 0 Å². The summed E-state index contributed by atoms with van der Waals surface area (Å²) in [5.74, 6) is 0.465. The number of nitrogens with zero attached hydrogens (tertiary/aromatic N) is 5. The van der Waals surface area contributed by atoms with E-state index in [4.69, 9.17) is 23.2 Å². The number of H-pyrrole nitrogens is 1. The van der Waals surface area contributed by atoms with Gasteiger partial charge in [-0.05, 0) is 50.8 Å². The molecule has 0 spiro atoms. The van der Waals surface area contributed by atoms with Crippen molar-refractivity contribution >= 4 is 46.0 Å². The molecule has 3 aromatic heterocycles. The highest BCUT2D eigenvalue weighted by Crippen LogP contribution is 2.23. The van der Waals surface area contributed by atoms with Gasteiger partial charge in [-0.3, -0.25) is 4.79 Å². The van der Waals surface area contributed by atoms with Crippen LogP contribution in [0.1, 0.15) is 16.8 Å². The third kappa shape index (κ3) is 5.67. The van der Waals surface area contributed by atoms with Gasteiger partial charge in [0, 0.05) is 43.6 Å². The van der Waals surface area contributed by atoms with Gasteiger partial charge in [-0.25, -0.2) is 15.0 Å². The molecule has 3 N–H and O–H groups in total. The molecule has 3 heterocycles. The average molecular weight is 501 g/mol. The van der Waals surface area contributed by atoms with E-state index in [-0.39, 0.29) is 11.1 Å². The number of benzene rings is 1. The van der Waals surface area contributed by atoms with Crippen LogP contribution in [0.4, 0.5) is 5.69 Å². The molecule has 0 aliphatic heterocycles. The smallest absolute Gasteiger partial charge is 0.253 e. The second-order valence-corrected chi connectivity index (χ2v) is 8.79. The zero-order valence-corrected chi connectivity index (χ0v) is 20.5. The van der Waals surface area contributed by atoms with Crippen LogP contribution in [-0.4, -0.2) is 69.0 Å². The molecule has 0 aliphatic carbocycles. The van der Waals surface area contributed by atoms with Crippen molar-refractivity contribution in [2.24, 2.45) is 0 Å². The fourth-order valence-corrected chi connectivity index (χ4v) is 3.78. The Bertz CT molecular complexity index is 1270. The van der Waals surface area contributed by atoms with E-state index in [1.54, 1.807) is 23.2 Å². The predicted molar refractivity (Wildman–Crippen MR) is 136 cm³/mol. The Balaban J connectivity index is 1.40. The first-order valence-electron chi connectivity index (χ1n) is 10.9. The predicted octanol–water partition coefficient (Wildman–Crippen LogP) is 3.92. The molecule has 4 rings (SSSR count). The molecule has 0 aliphatic rings. The van der Waals surface area contributed by atoms with E-state index in [2.05, 4.69) is 35.5 Å². The van der Waals surface area contributed by atoms with Crippen LogP contribution in [0.25, 0.3) is 22.6 Å². The molecule has 178 valence electrons. The summed E-state index contributed by atoms with van der Waals surface area (Å²) < 4.78 is 1.74. The van der Waals surface area contributed by atoms with Crippen LogP contribution in [0.3, 0.4) is 0 Å². The second kappa shape index (κ2) is 10.9.